The number of benzene rings is 1. The number of rotatable bonds is 4. The molecule has 0 saturated carbocycles. The Morgan fingerprint density at radius 3 is 2.71 bits per heavy atom. The number of amides is 2. The molecule has 24 heavy (non-hydrogen) atoms. The van der Waals surface area contributed by atoms with Crippen LogP contribution in [0, 0.1) is 5.92 Å². The molecule has 4 nitrogen and oxygen atoms in total. The Bertz CT molecular complexity index is 649. The molecule has 1 saturated heterocycles. The zero-order valence-electron chi connectivity index (χ0n) is 13.3. The maximum Gasteiger partial charge on any atom is 0.416 e. The third kappa shape index (κ3) is 4.01. The molecule has 8 heteroatoms. The van der Waals surface area contributed by atoms with Gasteiger partial charge in [-0.05, 0) is 31.5 Å². The van der Waals surface area contributed by atoms with Crippen molar-refractivity contribution in [3.05, 3.63) is 28.8 Å². The molecule has 0 aromatic heterocycles. The van der Waals surface area contributed by atoms with Crippen LogP contribution in [0.5, 0.6) is 0 Å². The molecule has 1 N–H and O–H groups in total. The molecule has 0 spiro atoms. The van der Waals surface area contributed by atoms with E-state index in [1.54, 1.807) is 0 Å². The summed E-state index contributed by atoms with van der Waals surface area (Å²) in [6.45, 7) is 3.78. The van der Waals surface area contributed by atoms with Crippen molar-refractivity contribution >= 4 is 29.1 Å². The van der Waals surface area contributed by atoms with Gasteiger partial charge in [-0.25, -0.2) is 0 Å². The molecule has 2 amide bonds. The molecule has 1 aromatic carbocycles. The highest BCUT2D eigenvalue weighted by Crippen LogP contribution is 2.37. The van der Waals surface area contributed by atoms with Gasteiger partial charge in [0.1, 0.15) is 0 Å². The zero-order valence-corrected chi connectivity index (χ0v) is 14.0. The summed E-state index contributed by atoms with van der Waals surface area (Å²) in [5.74, 6) is -1.29. The summed E-state index contributed by atoms with van der Waals surface area (Å²) in [5, 5.41) is 2.82. The van der Waals surface area contributed by atoms with Crippen molar-refractivity contribution in [3.8, 4) is 0 Å². The van der Waals surface area contributed by atoms with E-state index in [0.717, 1.165) is 29.5 Å². The molecule has 0 bridgehead atoms. The van der Waals surface area contributed by atoms with Crippen molar-refractivity contribution in [1.29, 1.82) is 0 Å². The normalized spacial score (nSPS) is 19.5. The second-order valence-corrected chi connectivity index (χ2v) is 6.29. The highest BCUT2D eigenvalue weighted by atomic mass is 35.5. The smallest absolute Gasteiger partial charge is 0.353 e. The summed E-state index contributed by atoms with van der Waals surface area (Å²) in [5.41, 5.74) is -0.905. The monoisotopic (exact) mass is 362 g/mol. The van der Waals surface area contributed by atoms with E-state index >= 15 is 0 Å². The summed E-state index contributed by atoms with van der Waals surface area (Å²) >= 11 is 5.96. The van der Waals surface area contributed by atoms with Crippen molar-refractivity contribution in [2.24, 2.45) is 5.92 Å². The van der Waals surface area contributed by atoms with Gasteiger partial charge in [-0.3, -0.25) is 9.59 Å². The standard InChI is InChI=1S/C16H18ClF3N2O2/c1-3-9(2)21-15(24)10-6-14(23)22(8-10)13-7-11(16(18,19)20)4-5-12(13)17/h4-5,7,9-10H,3,6,8H2,1-2H3,(H,21,24). The van der Waals surface area contributed by atoms with Crippen LogP contribution in [0.2, 0.25) is 5.02 Å². The Balaban J connectivity index is 2.21. The number of alkyl halides is 3. The van der Waals surface area contributed by atoms with Crippen LogP contribution in [0.25, 0.3) is 0 Å². The van der Waals surface area contributed by atoms with E-state index in [4.69, 9.17) is 11.6 Å². The number of carbonyl (C=O) groups excluding carboxylic acids is 2. The fourth-order valence-corrected chi connectivity index (χ4v) is 2.69. The number of carbonyl (C=O) groups is 2. The molecular weight excluding hydrogens is 345 g/mol. The van der Waals surface area contributed by atoms with Crippen LogP contribution < -0.4 is 10.2 Å². The van der Waals surface area contributed by atoms with Crippen LogP contribution in [0.15, 0.2) is 18.2 Å². The maximum absolute atomic E-state index is 12.9. The highest BCUT2D eigenvalue weighted by molar-refractivity contribution is 6.34. The van der Waals surface area contributed by atoms with Gasteiger partial charge < -0.3 is 10.2 Å². The lowest BCUT2D eigenvalue weighted by atomic mass is 10.1. The first-order chi connectivity index (χ1) is 11.1. The van der Waals surface area contributed by atoms with E-state index in [0.29, 0.717) is 0 Å². The van der Waals surface area contributed by atoms with Crippen LogP contribution in [-0.2, 0) is 15.8 Å². The molecule has 0 aliphatic carbocycles. The van der Waals surface area contributed by atoms with Crippen LogP contribution in [-0.4, -0.2) is 24.4 Å². The minimum absolute atomic E-state index is 0.0160. The van der Waals surface area contributed by atoms with Gasteiger partial charge in [0.25, 0.3) is 0 Å². The molecule has 1 fully saturated rings. The van der Waals surface area contributed by atoms with Gasteiger partial charge in [0.2, 0.25) is 11.8 Å². The quantitative estimate of drug-likeness (QED) is 0.889. The lowest BCUT2D eigenvalue weighted by Crippen LogP contribution is -2.38. The summed E-state index contributed by atoms with van der Waals surface area (Å²) in [6.07, 6.45) is -3.83. The summed E-state index contributed by atoms with van der Waals surface area (Å²) in [6, 6.07) is 2.78. The van der Waals surface area contributed by atoms with Gasteiger partial charge in [0, 0.05) is 19.0 Å². The number of nitrogens with zero attached hydrogens (tertiary/aromatic N) is 1. The van der Waals surface area contributed by atoms with Gasteiger partial charge >= 0.3 is 6.18 Å². The van der Waals surface area contributed by atoms with Gasteiger partial charge in [0.15, 0.2) is 0 Å². The van der Waals surface area contributed by atoms with E-state index in [-0.39, 0.29) is 35.6 Å². The lowest BCUT2D eigenvalue weighted by molar-refractivity contribution is -0.137. The average Bonchev–Trinajstić information content (AvgIpc) is 2.88. The highest BCUT2D eigenvalue weighted by Gasteiger charge is 2.38. The van der Waals surface area contributed by atoms with Crippen LogP contribution >= 0.6 is 11.6 Å². The SMILES string of the molecule is CCC(C)NC(=O)C1CC(=O)N(c2cc(C(F)(F)F)ccc2Cl)C1. The topological polar surface area (TPSA) is 49.4 Å². The van der Waals surface area contributed by atoms with Crippen molar-refractivity contribution < 1.29 is 22.8 Å². The number of hydrogen-bond donors (Lipinski definition) is 1. The van der Waals surface area contributed by atoms with Gasteiger partial charge in [-0.15, -0.1) is 0 Å². The molecule has 1 aliphatic heterocycles. The van der Waals surface area contributed by atoms with Crippen LogP contribution in [0.4, 0.5) is 18.9 Å². The third-order valence-electron chi connectivity index (χ3n) is 4.06. The van der Waals surface area contributed by atoms with E-state index in [1.165, 1.54) is 0 Å². The Morgan fingerprint density at radius 1 is 1.46 bits per heavy atom. The molecule has 2 rings (SSSR count). The van der Waals surface area contributed by atoms with Crippen LogP contribution in [0.1, 0.15) is 32.3 Å². The van der Waals surface area contributed by atoms with E-state index in [9.17, 15) is 22.8 Å². The number of halogens is 4. The number of nitrogens with one attached hydrogen (secondary N) is 1. The molecule has 0 radical (unpaired) electrons. The Hall–Kier alpha value is -1.76. The molecule has 2 atom stereocenters. The molecule has 132 valence electrons. The Kier molecular flexibility index (Phi) is 5.42. The predicted molar refractivity (Wildman–Crippen MR) is 84.8 cm³/mol. The van der Waals surface area contributed by atoms with Gasteiger partial charge in [-0.1, -0.05) is 18.5 Å². The van der Waals surface area contributed by atoms with E-state index in [2.05, 4.69) is 5.32 Å². The number of anilines is 1. The third-order valence-corrected chi connectivity index (χ3v) is 4.38. The van der Waals surface area contributed by atoms with Crippen molar-refractivity contribution in [3.63, 3.8) is 0 Å². The van der Waals surface area contributed by atoms with Gasteiger partial charge in [0.05, 0.1) is 22.2 Å². The van der Waals surface area contributed by atoms with Crippen molar-refractivity contribution in [2.75, 3.05) is 11.4 Å². The first kappa shape index (κ1) is 18.6. The van der Waals surface area contributed by atoms with Crippen LogP contribution in [0.3, 0.4) is 0 Å². The largest absolute Gasteiger partial charge is 0.416 e. The first-order valence-electron chi connectivity index (χ1n) is 7.61. The zero-order chi connectivity index (χ0) is 18.1. The molecule has 1 aromatic rings. The fraction of sp³-hybridized carbons (Fsp3) is 0.500. The fourth-order valence-electron chi connectivity index (χ4n) is 2.47. The predicted octanol–water partition coefficient (Wildman–Crippen LogP) is 3.63. The second-order valence-electron chi connectivity index (χ2n) is 5.89. The molecule has 2 unspecified atom stereocenters. The maximum atomic E-state index is 12.9. The van der Waals surface area contributed by atoms with Crippen molar-refractivity contribution in [1.82, 2.24) is 5.32 Å². The average molecular weight is 363 g/mol. The van der Waals surface area contributed by atoms with E-state index in [1.807, 2.05) is 13.8 Å². The second kappa shape index (κ2) is 7.01. The summed E-state index contributed by atoms with van der Waals surface area (Å²) in [4.78, 5) is 25.5. The van der Waals surface area contributed by atoms with E-state index < -0.39 is 23.6 Å². The molecule has 1 aliphatic rings. The minimum atomic E-state index is -4.53. The number of hydrogen-bond acceptors (Lipinski definition) is 2. The molecule has 1 heterocycles. The van der Waals surface area contributed by atoms with Gasteiger partial charge in [-0.2, -0.15) is 13.2 Å². The Morgan fingerprint density at radius 2 is 2.12 bits per heavy atom. The molecular formula is C16H18ClF3N2O2. The summed E-state index contributed by atoms with van der Waals surface area (Å²) in [7, 11) is 0. The first-order valence-corrected chi connectivity index (χ1v) is 7.98. The lowest BCUT2D eigenvalue weighted by Gasteiger charge is -2.20. The Labute approximate surface area is 143 Å². The van der Waals surface area contributed by atoms with Crippen molar-refractivity contribution in [2.45, 2.75) is 38.9 Å². The minimum Gasteiger partial charge on any atom is -0.353 e. The summed E-state index contributed by atoms with van der Waals surface area (Å²) < 4.78 is 38.6.